The second-order valence-electron chi connectivity index (χ2n) is 4.57. The van der Waals surface area contributed by atoms with Crippen molar-refractivity contribution >= 4 is 28.2 Å². The van der Waals surface area contributed by atoms with E-state index in [0.717, 1.165) is 34.0 Å². The van der Waals surface area contributed by atoms with Gasteiger partial charge in [-0.2, -0.15) is 0 Å². The van der Waals surface area contributed by atoms with E-state index in [2.05, 4.69) is 27.2 Å². The first-order valence-electron chi connectivity index (χ1n) is 6.67. The van der Waals surface area contributed by atoms with E-state index in [9.17, 15) is 0 Å². The number of para-hydroxylation sites is 2. The highest BCUT2D eigenvalue weighted by Crippen LogP contribution is 2.18. The van der Waals surface area contributed by atoms with Crippen LogP contribution in [-0.4, -0.2) is 15.0 Å². The Balaban J connectivity index is 1.81. The minimum absolute atomic E-state index is 0.693. The summed E-state index contributed by atoms with van der Waals surface area (Å²) < 4.78 is 0. The van der Waals surface area contributed by atoms with Crippen LogP contribution < -0.4 is 5.32 Å². The minimum Gasteiger partial charge on any atom is -0.362 e. The fraction of sp³-hybridized carbons (Fsp3) is 0.267. The monoisotopic (exact) mass is 284 g/mol. The first kappa shape index (κ1) is 13.0. The molecule has 1 N–H and O–H groups in total. The fourth-order valence-electron chi connectivity index (χ4n) is 2.01. The maximum Gasteiger partial charge on any atom is 0.148 e. The van der Waals surface area contributed by atoms with Crippen molar-refractivity contribution in [3.63, 3.8) is 0 Å². The van der Waals surface area contributed by atoms with Crippen LogP contribution in [0.15, 0.2) is 30.5 Å². The molecule has 20 heavy (non-hydrogen) atoms. The van der Waals surface area contributed by atoms with Crippen LogP contribution >= 0.6 is 11.3 Å². The Hall–Kier alpha value is -2.01. The van der Waals surface area contributed by atoms with E-state index in [0.29, 0.717) is 6.54 Å². The lowest BCUT2D eigenvalue weighted by molar-refractivity contribution is 1.05. The van der Waals surface area contributed by atoms with Gasteiger partial charge in [-0.25, -0.2) is 15.0 Å². The van der Waals surface area contributed by atoms with Crippen molar-refractivity contribution in [3.05, 3.63) is 46.0 Å². The fourth-order valence-corrected chi connectivity index (χ4v) is 2.81. The molecule has 0 aliphatic heterocycles. The first-order chi connectivity index (χ1) is 9.76. The normalized spacial score (nSPS) is 10.9. The second-order valence-corrected chi connectivity index (χ2v) is 5.77. The molecular formula is C15H16N4S. The molecule has 0 aliphatic carbocycles. The van der Waals surface area contributed by atoms with Gasteiger partial charge in [-0.15, -0.1) is 11.3 Å². The predicted molar refractivity (Wildman–Crippen MR) is 83.1 cm³/mol. The predicted octanol–water partition coefficient (Wildman–Crippen LogP) is 3.57. The Labute approximate surface area is 121 Å². The van der Waals surface area contributed by atoms with Crippen molar-refractivity contribution in [2.75, 3.05) is 5.32 Å². The maximum absolute atomic E-state index is 4.62. The topological polar surface area (TPSA) is 50.7 Å². The summed E-state index contributed by atoms with van der Waals surface area (Å²) in [5.74, 6) is 0.831. The molecule has 0 unspecified atom stereocenters. The molecule has 0 saturated carbocycles. The van der Waals surface area contributed by atoms with Gasteiger partial charge in [0.05, 0.1) is 23.3 Å². The van der Waals surface area contributed by atoms with Crippen molar-refractivity contribution in [2.24, 2.45) is 0 Å². The van der Waals surface area contributed by atoms with E-state index < -0.39 is 0 Å². The lowest BCUT2D eigenvalue weighted by Crippen LogP contribution is -2.04. The van der Waals surface area contributed by atoms with Crippen molar-refractivity contribution in [1.82, 2.24) is 15.0 Å². The largest absolute Gasteiger partial charge is 0.362 e. The Kier molecular flexibility index (Phi) is 3.60. The highest BCUT2D eigenvalue weighted by Gasteiger charge is 2.06. The number of nitrogens with one attached hydrogen (secondary N) is 1. The molecule has 0 amide bonds. The summed E-state index contributed by atoms with van der Waals surface area (Å²) in [6.45, 7) is 4.81. The third-order valence-electron chi connectivity index (χ3n) is 3.10. The Morgan fingerprint density at radius 2 is 1.90 bits per heavy atom. The zero-order chi connectivity index (χ0) is 13.9. The molecule has 1 aromatic carbocycles. The van der Waals surface area contributed by atoms with Crippen LogP contribution in [0, 0.1) is 6.92 Å². The molecule has 0 atom stereocenters. The molecule has 2 heterocycles. The average molecular weight is 284 g/mol. The van der Waals surface area contributed by atoms with Crippen molar-refractivity contribution in [3.8, 4) is 0 Å². The van der Waals surface area contributed by atoms with Crippen LogP contribution in [0.1, 0.15) is 22.5 Å². The third-order valence-corrected chi connectivity index (χ3v) is 4.24. The van der Waals surface area contributed by atoms with E-state index in [4.69, 9.17) is 0 Å². The Morgan fingerprint density at radius 1 is 1.15 bits per heavy atom. The highest BCUT2D eigenvalue weighted by molar-refractivity contribution is 7.11. The molecule has 0 fully saturated rings. The van der Waals surface area contributed by atoms with Crippen molar-refractivity contribution in [1.29, 1.82) is 0 Å². The van der Waals surface area contributed by atoms with Crippen molar-refractivity contribution in [2.45, 2.75) is 26.8 Å². The van der Waals surface area contributed by atoms with Gasteiger partial charge >= 0.3 is 0 Å². The van der Waals surface area contributed by atoms with Crippen LogP contribution in [-0.2, 0) is 13.0 Å². The zero-order valence-corrected chi connectivity index (χ0v) is 12.4. The third kappa shape index (κ3) is 2.63. The summed E-state index contributed by atoms with van der Waals surface area (Å²) in [6.07, 6.45) is 2.98. The van der Waals surface area contributed by atoms with E-state index in [1.807, 2.05) is 37.4 Å². The van der Waals surface area contributed by atoms with E-state index >= 15 is 0 Å². The van der Waals surface area contributed by atoms with Crippen LogP contribution in [0.5, 0.6) is 0 Å². The van der Waals surface area contributed by atoms with Gasteiger partial charge in [-0.05, 0) is 25.5 Å². The molecule has 0 bridgehead atoms. The number of aryl methyl sites for hydroxylation is 2. The van der Waals surface area contributed by atoms with Gasteiger partial charge in [0, 0.05) is 11.1 Å². The number of hydrogen-bond donors (Lipinski definition) is 1. The van der Waals surface area contributed by atoms with Crippen LogP contribution in [0.4, 0.5) is 5.82 Å². The molecule has 0 saturated heterocycles. The average Bonchev–Trinajstić information content (AvgIpc) is 2.93. The Morgan fingerprint density at radius 3 is 2.60 bits per heavy atom. The summed E-state index contributed by atoms with van der Waals surface area (Å²) in [5.41, 5.74) is 2.75. The van der Waals surface area contributed by atoms with E-state index in [1.165, 1.54) is 4.88 Å². The van der Waals surface area contributed by atoms with Gasteiger partial charge in [-0.1, -0.05) is 19.1 Å². The molecular weight excluding hydrogens is 268 g/mol. The Bertz CT molecular complexity index is 736. The molecule has 2 aromatic heterocycles. The van der Waals surface area contributed by atoms with Gasteiger partial charge in [0.1, 0.15) is 10.8 Å². The van der Waals surface area contributed by atoms with Gasteiger partial charge in [0.2, 0.25) is 0 Å². The molecule has 3 aromatic rings. The number of aromatic nitrogens is 3. The summed E-state index contributed by atoms with van der Waals surface area (Å²) in [6, 6.07) is 7.91. The molecule has 0 aliphatic rings. The first-order valence-corrected chi connectivity index (χ1v) is 7.48. The summed E-state index contributed by atoms with van der Waals surface area (Å²) in [5, 5.41) is 4.41. The smallest absolute Gasteiger partial charge is 0.148 e. The molecule has 102 valence electrons. The van der Waals surface area contributed by atoms with Gasteiger partial charge < -0.3 is 5.32 Å². The summed E-state index contributed by atoms with van der Waals surface area (Å²) in [4.78, 5) is 14.9. The minimum atomic E-state index is 0.693. The molecule has 4 nitrogen and oxygen atoms in total. The summed E-state index contributed by atoms with van der Waals surface area (Å²) in [7, 11) is 0. The number of fused-ring (bicyclic) bond motifs is 1. The maximum atomic E-state index is 4.62. The molecule has 0 radical (unpaired) electrons. The van der Waals surface area contributed by atoms with Crippen LogP contribution in [0.25, 0.3) is 11.0 Å². The molecule has 0 spiro atoms. The lowest BCUT2D eigenvalue weighted by atomic mass is 10.3. The quantitative estimate of drug-likeness (QED) is 0.795. The standard InChI is InChI=1S/C15H16N4S/c1-3-11-8-16-14(20-11)9-17-15-10(2)18-12-6-4-5-7-13(12)19-15/h4-8H,3,9H2,1-2H3,(H,17,19). The molecule has 3 rings (SSSR count). The summed E-state index contributed by atoms with van der Waals surface area (Å²) >= 11 is 1.74. The van der Waals surface area contributed by atoms with Crippen LogP contribution in [0.2, 0.25) is 0 Å². The number of rotatable bonds is 4. The van der Waals surface area contributed by atoms with Gasteiger partial charge in [0.15, 0.2) is 0 Å². The van der Waals surface area contributed by atoms with E-state index in [1.54, 1.807) is 11.3 Å². The number of nitrogens with zero attached hydrogens (tertiary/aromatic N) is 3. The molecule has 5 heteroatoms. The number of benzene rings is 1. The van der Waals surface area contributed by atoms with Crippen LogP contribution in [0.3, 0.4) is 0 Å². The lowest BCUT2D eigenvalue weighted by Gasteiger charge is -2.07. The SMILES string of the molecule is CCc1cnc(CNc2nc3ccccc3nc2C)s1. The van der Waals surface area contributed by atoms with E-state index in [-0.39, 0.29) is 0 Å². The van der Waals surface area contributed by atoms with Gasteiger partial charge in [0.25, 0.3) is 0 Å². The highest BCUT2D eigenvalue weighted by atomic mass is 32.1. The second kappa shape index (κ2) is 5.54. The number of thiazole rings is 1. The van der Waals surface area contributed by atoms with Gasteiger partial charge in [-0.3, -0.25) is 0 Å². The number of hydrogen-bond acceptors (Lipinski definition) is 5. The van der Waals surface area contributed by atoms with Crippen molar-refractivity contribution < 1.29 is 0 Å². The number of anilines is 1. The zero-order valence-electron chi connectivity index (χ0n) is 11.6.